The van der Waals surface area contributed by atoms with Gasteiger partial charge in [-0.25, -0.2) is 10.5 Å². The molecular weight excluding hydrogens is 439 g/mol. The summed E-state index contributed by atoms with van der Waals surface area (Å²) < 4.78 is 45.1. The van der Waals surface area contributed by atoms with Crippen molar-refractivity contribution < 1.29 is 32.7 Å². The molecule has 2 aromatic carbocycles. The summed E-state index contributed by atoms with van der Waals surface area (Å²) in [6.07, 6.45) is -4.33. The number of hydroxylamine groups is 1. The van der Waals surface area contributed by atoms with E-state index in [4.69, 9.17) is 9.94 Å². The molecule has 0 bridgehead atoms. The summed E-state index contributed by atoms with van der Waals surface area (Å²) in [6, 6.07) is 13.6. The van der Waals surface area contributed by atoms with Crippen LogP contribution in [0.5, 0.6) is 0 Å². The predicted octanol–water partition coefficient (Wildman–Crippen LogP) is 3.09. The van der Waals surface area contributed by atoms with E-state index in [1.165, 1.54) is 0 Å². The average Bonchev–Trinajstić information content (AvgIpc) is 3.26. The van der Waals surface area contributed by atoms with Crippen molar-refractivity contribution >= 4 is 22.7 Å². The fraction of sp³-hybridized carbons (Fsp3) is 0.261. The Morgan fingerprint density at radius 2 is 1.82 bits per heavy atom. The molecule has 4 rings (SSSR count). The highest BCUT2D eigenvalue weighted by atomic mass is 19.4. The van der Waals surface area contributed by atoms with Gasteiger partial charge in [0.05, 0.1) is 30.7 Å². The lowest BCUT2D eigenvalue weighted by Gasteiger charge is -2.17. The van der Waals surface area contributed by atoms with Crippen LogP contribution in [0.2, 0.25) is 0 Å². The number of nitrogens with zero attached hydrogens (tertiary/aromatic N) is 1. The molecule has 1 aliphatic heterocycles. The van der Waals surface area contributed by atoms with Crippen LogP contribution in [0.4, 0.5) is 13.2 Å². The summed E-state index contributed by atoms with van der Waals surface area (Å²) in [5, 5.41) is 12.1. The fourth-order valence-electron chi connectivity index (χ4n) is 3.82. The Hall–Kier alpha value is -3.50. The van der Waals surface area contributed by atoms with Crippen molar-refractivity contribution in [2.24, 2.45) is 5.92 Å². The molecule has 0 aliphatic carbocycles. The highest BCUT2D eigenvalue weighted by Gasteiger charge is 2.35. The molecule has 0 spiro atoms. The summed E-state index contributed by atoms with van der Waals surface area (Å²) in [6.45, 7) is 0.217. The van der Waals surface area contributed by atoms with Gasteiger partial charge >= 0.3 is 6.18 Å². The fourth-order valence-corrected chi connectivity index (χ4v) is 3.82. The summed E-state index contributed by atoms with van der Waals surface area (Å²) in [5.74, 6) is -1.78. The first kappa shape index (κ1) is 22.7. The molecule has 1 fully saturated rings. The molecular formula is C23H20F3N3O4. The van der Waals surface area contributed by atoms with Gasteiger partial charge in [0.1, 0.15) is 5.69 Å². The number of ether oxygens (including phenoxy) is 1. The lowest BCUT2D eigenvalue weighted by molar-refractivity contribution is -0.141. The Labute approximate surface area is 186 Å². The number of alkyl halides is 3. The zero-order chi connectivity index (χ0) is 23.6. The Kier molecular flexibility index (Phi) is 6.30. The molecule has 1 saturated heterocycles. The van der Waals surface area contributed by atoms with Crippen LogP contribution in [0.1, 0.15) is 27.2 Å². The van der Waals surface area contributed by atoms with E-state index < -0.39 is 35.6 Å². The van der Waals surface area contributed by atoms with E-state index in [2.05, 4.69) is 10.3 Å². The average molecular weight is 459 g/mol. The van der Waals surface area contributed by atoms with Crippen LogP contribution in [0.15, 0.2) is 54.6 Å². The minimum atomic E-state index is -4.56. The Bertz CT molecular complexity index is 1180. The number of carbonyl (C=O) groups excluding carboxylic acids is 2. The van der Waals surface area contributed by atoms with Crippen LogP contribution in [-0.4, -0.2) is 41.3 Å². The van der Waals surface area contributed by atoms with E-state index in [1.54, 1.807) is 54.0 Å². The van der Waals surface area contributed by atoms with E-state index in [0.29, 0.717) is 16.5 Å². The molecule has 3 N–H and O–H groups in total. The number of nitrogens with one attached hydrogen (secondary N) is 2. The molecule has 2 amide bonds. The minimum Gasteiger partial charge on any atom is -0.378 e. The van der Waals surface area contributed by atoms with Gasteiger partial charge in [-0.1, -0.05) is 30.3 Å². The number of pyridine rings is 1. The summed E-state index contributed by atoms with van der Waals surface area (Å²) in [7, 11) is 0. The topological polar surface area (TPSA) is 101 Å². The second-order valence-corrected chi connectivity index (χ2v) is 7.76. The number of halogens is 3. The predicted molar refractivity (Wildman–Crippen MR) is 111 cm³/mol. The third-order valence-corrected chi connectivity index (χ3v) is 5.55. The molecule has 2 atom stereocenters. The van der Waals surface area contributed by atoms with Crippen molar-refractivity contribution in [3.05, 3.63) is 77.0 Å². The number of hydrogen-bond acceptors (Lipinski definition) is 5. The maximum absolute atomic E-state index is 13.3. The highest BCUT2D eigenvalue weighted by Crippen LogP contribution is 2.31. The number of benzene rings is 2. The molecule has 1 aromatic heterocycles. The van der Waals surface area contributed by atoms with Crippen LogP contribution >= 0.6 is 0 Å². The maximum atomic E-state index is 13.3. The van der Waals surface area contributed by atoms with E-state index in [9.17, 15) is 22.8 Å². The van der Waals surface area contributed by atoms with Crippen molar-refractivity contribution in [2.45, 2.75) is 18.6 Å². The number of para-hydroxylation sites is 1. The molecule has 1 aliphatic rings. The molecule has 0 unspecified atom stereocenters. The Morgan fingerprint density at radius 1 is 1.09 bits per heavy atom. The van der Waals surface area contributed by atoms with Gasteiger partial charge in [0.15, 0.2) is 0 Å². The molecule has 0 radical (unpaired) electrons. The first-order valence-corrected chi connectivity index (χ1v) is 10.1. The van der Waals surface area contributed by atoms with Gasteiger partial charge in [0, 0.05) is 10.9 Å². The van der Waals surface area contributed by atoms with Crippen LogP contribution in [-0.2, 0) is 22.1 Å². The van der Waals surface area contributed by atoms with Gasteiger partial charge in [-0.05, 0) is 41.8 Å². The maximum Gasteiger partial charge on any atom is 0.433 e. The lowest BCUT2D eigenvalue weighted by Crippen LogP contribution is -2.45. The van der Waals surface area contributed by atoms with Gasteiger partial charge in [-0.2, -0.15) is 13.2 Å². The van der Waals surface area contributed by atoms with Crippen molar-refractivity contribution in [3.8, 4) is 0 Å². The largest absolute Gasteiger partial charge is 0.433 e. The van der Waals surface area contributed by atoms with E-state index >= 15 is 0 Å². The third-order valence-electron chi connectivity index (χ3n) is 5.55. The van der Waals surface area contributed by atoms with Crippen molar-refractivity contribution in [2.75, 3.05) is 13.2 Å². The van der Waals surface area contributed by atoms with E-state index in [1.807, 2.05) is 0 Å². The number of fused-ring (bicyclic) bond motifs is 1. The number of aromatic nitrogens is 1. The van der Waals surface area contributed by atoms with Crippen molar-refractivity contribution in [1.82, 2.24) is 15.8 Å². The first-order chi connectivity index (χ1) is 15.8. The summed E-state index contributed by atoms with van der Waals surface area (Å²) in [5.41, 5.74) is 2.39. The number of hydrogen-bond donors (Lipinski definition) is 3. The van der Waals surface area contributed by atoms with Crippen LogP contribution in [0.3, 0.4) is 0 Å². The van der Waals surface area contributed by atoms with Crippen LogP contribution in [0.25, 0.3) is 10.9 Å². The monoisotopic (exact) mass is 459 g/mol. The quantitative estimate of drug-likeness (QED) is 0.402. The molecule has 10 heteroatoms. The third kappa shape index (κ3) is 4.96. The molecule has 7 nitrogen and oxygen atoms in total. The van der Waals surface area contributed by atoms with Gasteiger partial charge < -0.3 is 10.1 Å². The zero-order valence-electron chi connectivity index (χ0n) is 17.2. The smallest absolute Gasteiger partial charge is 0.378 e. The van der Waals surface area contributed by atoms with Crippen molar-refractivity contribution in [3.63, 3.8) is 0 Å². The normalized spacial score (nSPS) is 18.3. The summed E-state index contributed by atoms with van der Waals surface area (Å²) in [4.78, 5) is 28.0. The standard InChI is InChI=1S/C23H20F3N3O4/c24-23(25,26)20-10-15(16-3-1-2-4-18(16)27-20)9-13-5-7-14(8-6-13)21(30)28-19-12-33-11-17(19)22(31)29-32/h1-8,10,17,19,32H,9,11-12H2,(H,28,30)(H,29,31)/t17-,19+/m0/s1. The molecule has 33 heavy (non-hydrogen) atoms. The second kappa shape index (κ2) is 9.16. The Morgan fingerprint density at radius 3 is 2.52 bits per heavy atom. The number of amides is 2. The van der Waals surface area contributed by atoms with Gasteiger partial charge in [-0.15, -0.1) is 0 Å². The highest BCUT2D eigenvalue weighted by molar-refractivity contribution is 5.95. The van der Waals surface area contributed by atoms with Crippen molar-refractivity contribution in [1.29, 1.82) is 0 Å². The van der Waals surface area contributed by atoms with Gasteiger partial charge in [0.2, 0.25) is 0 Å². The first-order valence-electron chi connectivity index (χ1n) is 10.1. The molecule has 3 aromatic rings. The van der Waals surface area contributed by atoms with Crippen LogP contribution in [0, 0.1) is 5.92 Å². The van der Waals surface area contributed by atoms with Crippen LogP contribution < -0.4 is 10.8 Å². The van der Waals surface area contributed by atoms with E-state index in [0.717, 1.165) is 11.6 Å². The Balaban J connectivity index is 1.52. The minimum absolute atomic E-state index is 0.0794. The van der Waals surface area contributed by atoms with Gasteiger partial charge in [-0.3, -0.25) is 14.8 Å². The molecule has 0 saturated carbocycles. The number of rotatable bonds is 5. The molecule has 2 heterocycles. The van der Waals surface area contributed by atoms with E-state index in [-0.39, 0.29) is 25.2 Å². The number of carbonyl (C=O) groups is 2. The molecule has 172 valence electrons. The SMILES string of the molecule is O=C(N[C@@H]1COC[C@@H]1C(=O)NO)c1ccc(Cc2cc(C(F)(F)F)nc3ccccc23)cc1. The van der Waals surface area contributed by atoms with Gasteiger partial charge in [0.25, 0.3) is 11.8 Å². The zero-order valence-corrected chi connectivity index (χ0v) is 17.2. The summed E-state index contributed by atoms with van der Waals surface area (Å²) >= 11 is 0. The second-order valence-electron chi connectivity index (χ2n) is 7.76. The lowest BCUT2D eigenvalue weighted by atomic mass is 9.98.